The monoisotopic (exact) mass is 522 g/mol. The number of nitrogens with one attached hydrogen (secondary N) is 2. The molecule has 0 aromatic heterocycles. The summed E-state index contributed by atoms with van der Waals surface area (Å²) in [6, 6.07) is 10.4. The standard InChI is InChI=1S/C23H30N4O2.HI/c1-24-23(25-12-5-9-16-7-3-2-4-8-16)26-13-6-14-27-21(28)19-17-10-11-18(15-17)20(19)22(27)29;/h2-4,7-8,10-11,17-20H,5-6,9,12-15H2,1H3,(H2,24,25,26);1H. The van der Waals surface area contributed by atoms with Crippen LogP contribution in [-0.4, -0.2) is 49.4 Å². The molecule has 2 aliphatic carbocycles. The fourth-order valence-electron chi connectivity index (χ4n) is 4.99. The zero-order chi connectivity index (χ0) is 20.2. The first-order chi connectivity index (χ1) is 14.2. The summed E-state index contributed by atoms with van der Waals surface area (Å²) in [6.07, 6.45) is 8.04. The highest BCUT2D eigenvalue weighted by Gasteiger charge is 2.58. The largest absolute Gasteiger partial charge is 0.356 e. The van der Waals surface area contributed by atoms with Crippen LogP contribution in [0.4, 0.5) is 0 Å². The molecule has 1 aromatic carbocycles. The van der Waals surface area contributed by atoms with Crippen LogP contribution in [0.2, 0.25) is 0 Å². The van der Waals surface area contributed by atoms with Crippen molar-refractivity contribution in [3.63, 3.8) is 0 Å². The maximum absolute atomic E-state index is 12.7. The summed E-state index contributed by atoms with van der Waals surface area (Å²) in [7, 11) is 1.75. The molecule has 4 unspecified atom stereocenters. The van der Waals surface area contributed by atoms with Gasteiger partial charge in [-0.2, -0.15) is 0 Å². The van der Waals surface area contributed by atoms with Crippen molar-refractivity contribution >= 4 is 41.8 Å². The van der Waals surface area contributed by atoms with E-state index in [0.717, 1.165) is 38.2 Å². The third kappa shape index (κ3) is 4.71. The summed E-state index contributed by atoms with van der Waals surface area (Å²) in [5.74, 6) is 1.22. The lowest BCUT2D eigenvalue weighted by Gasteiger charge is -2.18. The van der Waals surface area contributed by atoms with Gasteiger partial charge in [-0.15, -0.1) is 24.0 Å². The van der Waals surface area contributed by atoms with E-state index >= 15 is 0 Å². The molecule has 4 atom stereocenters. The van der Waals surface area contributed by atoms with Crippen LogP contribution in [-0.2, 0) is 16.0 Å². The second-order valence-electron chi connectivity index (χ2n) is 8.20. The minimum absolute atomic E-state index is 0. The third-order valence-corrected chi connectivity index (χ3v) is 6.41. The van der Waals surface area contributed by atoms with Gasteiger partial charge in [0.25, 0.3) is 0 Å². The Hall–Kier alpha value is -1.90. The number of carbonyl (C=O) groups excluding carboxylic acids is 2. The van der Waals surface area contributed by atoms with Crippen LogP contribution in [0, 0.1) is 23.7 Å². The van der Waals surface area contributed by atoms with Gasteiger partial charge in [0, 0.05) is 26.7 Å². The normalized spacial score (nSPS) is 26.7. The number of hydrogen-bond donors (Lipinski definition) is 2. The maximum atomic E-state index is 12.7. The number of hydrogen-bond acceptors (Lipinski definition) is 3. The van der Waals surface area contributed by atoms with Crippen molar-refractivity contribution in [1.29, 1.82) is 0 Å². The van der Waals surface area contributed by atoms with Crippen molar-refractivity contribution in [2.45, 2.75) is 25.7 Å². The molecule has 1 heterocycles. The lowest BCUT2D eigenvalue weighted by Crippen LogP contribution is -2.40. The molecule has 0 spiro atoms. The minimum atomic E-state index is -0.0931. The number of aliphatic imine (C=N–C) groups is 1. The molecule has 1 aromatic rings. The fraction of sp³-hybridized carbons (Fsp3) is 0.522. The first-order valence-corrected chi connectivity index (χ1v) is 10.7. The number of fused-ring (bicyclic) bond motifs is 5. The number of aryl methyl sites for hydroxylation is 1. The number of benzene rings is 1. The van der Waals surface area contributed by atoms with Crippen molar-refractivity contribution in [1.82, 2.24) is 15.5 Å². The molecule has 0 radical (unpaired) electrons. The molecule has 3 aliphatic rings. The molecule has 1 saturated carbocycles. The summed E-state index contributed by atoms with van der Waals surface area (Å²) in [5, 5.41) is 6.60. The van der Waals surface area contributed by atoms with Gasteiger partial charge in [-0.3, -0.25) is 19.5 Å². The molecule has 7 heteroatoms. The summed E-state index contributed by atoms with van der Waals surface area (Å²) >= 11 is 0. The highest BCUT2D eigenvalue weighted by Crippen LogP contribution is 2.52. The second-order valence-corrected chi connectivity index (χ2v) is 8.20. The van der Waals surface area contributed by atoms with Crippen LogP contribution in [0.25, 0.3) is 0 Å². The smallest absolute Gasteiger partial charge is 0.233 e. The Labute approximate surface area is 195 Å². The number of amides is 2. The van der Waals surface area contributed by atoms with Crippen LogP contribution < -0.4 is 10.6 Å². The maximum Gasteiger partial charge on any atom is 0.233 e. The summed E-state index contributed by atoms with van der Waals surface area (Å²) in [6.45, 7) is 2.01. The van der Waals surface area contributed by atoms with Crippen molar-refractivity contribution < 1.29 is 9.59 Å². The average Bonchev–Trinajstić information content (AvgIpc) is 3.42. The van der Waals surface area contributed by atoms with E-state index in [-0.39, 0.29) is 59.5 Å². The first-order valence-electron chi connectivity index (χ1n) is 10.7. The zero-order valence-electron chi connectivity index (χ0n) is 17.4. The average molecular weight is 522 g/mol. The van der Waals surface area contributed by atoms with E-state index in [2.05, 4.69) is 52.0 Å². The number of allylic oxidation sites excluding steroid dienone is 2. The minimum Gasteiger partial charge on any atom is -0.356 e. The first kappa shape index (κ1) is 22.8. The van der Waals surface area contributed by atoms with Crippen LogP contribution >= 0.6 is 24.0 Å². The number of guanidine groups is 1. The van der Waals surface area contributed by atoms with E-state index in [1.807, 2.05) is 6.07 Å². The lowest BCUT2D eigenvalue weighted by molar-refractivity contribution is -0.140. The molecule has 4 rings (SSSR count). The molecule has 30 heavy (non-hydrogen) atoms. The summed E-state index contributed by atoms with van der Waals surface area (Å²) in [5.41, 5.74) is 1.34. The van der Waals surface area contributed by atoms with Gasteiger partial charge in [-0.1, -0.05) is 42.5 Å². The van der Waals surface area contributed by atoms with Crippen LogP contribution in [0.15, 0.2) is 47.5 Å². The summed E-state index contributed by atoms with van der Waals surface area (Å²) < 4.78 is 0. The molecule has 2 fully saturated rings. The Morgan fingerprint density at radius 1 is 1.00 bits per heavy atom. The van der Waals surface area contributed by atoms with Crippen LogP contribution in [0.1, 0.15) is 24.8 Å². The van der Waals surface area contributed by atoms with Gasteiger partial charge < -0.3 is 10.6 Å². The molecular formula is C23H31IN4O2. The molecule has 1 saturated heterocycles. The fourth-order valence-corrected chi connectivity index (χ4v) is 4.99. The number of imide groups is 1. The van der Waals surface area contributed by atoms with Gasteiger partial charge in [0.05, 0.1) is 11.8 Å². The molecule has 2 N–H and O–H groups in total. The van der Waals surface area contributed by atoms with E-state index < -0.39 is 0 Å². The van der Waals surface area contributed by atoms with Crippen molar-refractivity contribution in [3.05, 3.63) is 48.0 Å². The molecule has 2 bridgehead atoms. The van der Waals surface area contributed by atoms with Gasteiger partial charge in [0.15, 0.2) is 5.96 Å². The third-order valence-electron chi connectivity index (χ3n) is 6.41. The van der Waals surface area contributed by atoms with Crippen molar-refractivity contribution in [2.75, 3.05) is 26.7 Å². The van der Waals surface area contributed by atoms with Crippen LogP contribution in [0.3, 0.4) is 0 Å². The molecule has 162 valence electrons. The Morgan fingerprint density at radius 2 is 1.60 bits per heavy atom. The van der Waals surface area contributed by atoms with Gasteiger partial charge in [0.2, 0.25) is 11.8 Å². The molecule has 2 amide bonds. The Kier molecular flexibility index (Phi) is 7.91. The van der Waals surface area contributed by atoms with Crippen LogP contribution in [0.5, 0.6) is 0 Å². The van der Waals surface area contributed by atoms with Crippen molar-refractivity contribution in [3.8, 4) is 0 Å². The quantitative estimate of drug-likeness (QED) is 0.138. The topological polar surface area (TPSA) is 73.8 Å². The zero-order valence-corrected chi connectivity index (χ0v) is 19.8. The van der Waals surface area contributed by atoms with Gasteiger partial charge >= 0.3 is 0 Å². The molecular weight excluding hydrogens is 491 g/mol. The predicted octanol–water partition coefficient (Wildman–Crippen LogP) is 2.60. The summed E-state index contributed by atoms with van der Waals surface area (Å²) in [4.78, 5) is 31.1. The van der Waals surface area contributed by atoms with E-state index in [1.54, 1.807) is 7.05 Å². The Balaban J connectivity index is 0.00000256. The van der Waals surface area contributed by atoms with Gasteiger partial charge in [-0.25, -0.2) is 0 Å². The number of likely N-dealkylation sites (tertiary alicyclic amines) is 1. The number of nitrogens with zero attached hydrogens (tertiary/aromatic N) is 2. The van der Waals surface area contributed by atoms with E-state index in [4.69, 9.17) is 0 Å². The SMILES string of the molecule is CN=C(NCCCc1ccccc1)NCCCN1C(=O)C2C3C=CC(C3)C2C1=O.I. The Morgan fingerprint density at radius 3 is 2.20 bits per heavy atom. The Bertz CT molecular complexity index is 781. The predicted molar refractivity (Wildman–Crippen MR) is 129 cm³/mol. The number of carbonyl (C=O) groups is 2. The number of halogens is 1. The van der Waals surface area contributed by atoms with Gasteiger partial charge in [-0.05, 0) is 43.1 Å². The molecule has 6 nitrogen and oxygen atoms in total. The highest BCUT2D eigenvalue weighted by atomic mass is 127. The lowest BCUT2D eigenvalue weighted by atomic mass is 9.85. The molecule has 1 aliphatic heterocycles. The van der Waals surface area contributed by atoms with E-state index in [1.165, 1.54) is 10.5 Å². The van der Waals surface area contributed by atoms with E-state index in [0.29, 0.717) is 13.1 Å². The number of rotatable bonds is 8. The second kappa shape index (κ2) is 10.4. The highest BCUT2D eigenvalue weighted by molar-refractivity contribution is 14.0. The van der Waals surface area contributed by atoms with Crippen molar-refractivity contribution in [2.24, 2.45) is 28.7 Å². The van der Waals surface area contributed by atoms with Gasteiger partial charge in [0.1, 0.15) is 0 Å². The van der Waals surface area contributed by atoms with E-state index in [9.17, 15) is 9.59 Å².